The lowest BCUT2D eigenvalue weighted by molar-refractivity contribution is 0.619. The molecule has 2 aromatic rings. The predicted octanol–water partition coefficient (Wildman–Crippen LogP) is 4.91. The Morgan fingerprint density at radius 3 is 2.71 bits per heavy atom. The Morgan fingerprint density at radius 2 is 1.96 bits per heavy atom. The number of halogens is 3. The van der Waals surface area contributed by atoms with Crippen molar-refractivity contribution in [2.24, 2.45) is 0 Å². The molecule has 126 valence electrons. The maximum Gasteiger partial charge on any atom is 0.139 e. The van der Waals surface area contributed by atoms with Gasteiger partial charge in [-0.3, -0.25) is 0 Å². The summed E-state index contributed by atoms with van der Waals surface area (Å²) < 4.78 is 27.9. The minimum atomic E-state index is -0.286. The van der Waals surface area contributed by atoms with Crippen molar-refractivity contribution >= 4 is 21.6 Å². The molecule has 0 amide bonds. The SMILES string of the molecule is C=C(NCc1cc(F)cc(CC)c1)N1CCc2cc(Br)c(F)cc21. The molecule has 1 N–H and O–H groups in total. The predicted molar refractivity (Wildman–Crippen MR) is 96.9 cm³/mol. The van der Waals surface area contributed by atoms with Crippen LogP contribution in [0.5, 0.6) is 0 Å². The molecule has 5 heteroatoms. The summed E-state index contributed by atoms with van der Waals surface area (Å²) in [7, 11) is 0. The molecule has 0 bridgehead atoms. The molecule has 0 aromatic heterocycles. The Kier molecular flexibility index (Phi) is 4.90. The number of hydrogen-bond donors (Lipinski definition) is 1. The number of benzene rings is 2. The van der Waals surface area contributed by atoms with Crippen LogP contribution in [0, 0.1) is 11.6 Å². The normalized spacial score (nSPS) is 13.1. The van der Waals surface area contributed by atoms with Gasteiger partial charge in [0.2, 0.25) is 0 Å². The van der Waals surface area contributed by atoms with Gasteiger partial charge in [-0.25, -0.2) is 8.78 Å². The fraction of sp³-hybridized carbons (Fsp3) is 0.263. The van der Waals surface area contributed by atoms with Crippen LogP contribution in [0.3, 0.4) is 0 Å². The molecule has 1 heterocycles. The van der Waals surface area contributed by atoms with Gasteiger partial charge in [0.25, 0.3) is 0 Å². The number of aryl methyl sites for hydroxylation is 1. The molecule has 3 rings (SSSR count). The largest absolute Gasteiger partial charge is 0.368 e. The summed E-state index contributed by atoms with van der Waals surface area (Å²) in [5, 5.41) is 3.22. The first-order valence-corrected chi connectivity index (χ1v) is 8.74. The monoisotopic (exact) mass is 392 g/mol. The summed E-state index contributed by atoms with van der Waals surface area (Å²) in [6.45, 7) is 7.28. The van der Waals surface area contributed by atoms with Crippen molar-refractivity contribution in [2.45, 2.75) is 26.3 Å². The van der Waals surface area contributed by atoms with Crippen LogP contribution >= 0.6 is 15.9 Å². The van der Waals surface area contributed by atoms with Crippen LogP contribution in [0.2, 0.25) is 0 Å². The molecule has 0 atom stereocenters. The lowest BCUT2D eigenvalue weighted by Crippen LogP contribution is -2.29. The number of nitrogens with one attached hydrogen (secondary N) is 1. The van der Waals surface area contributed by atoms with Gasteiger partial charge < -0.3 is 10.2 Å². The molecule has 1 aliphatic heterocycles. The van der Waals surface area contributed by atoms with Gasteiger partial charge in [0.05, 0.1) is 10.3 Å². The maximum atomic E-state index is 13.8. The molecule has 0 fully saturated rings. The van der Waals surface area contributed by atoms with E-state index >= 15 is 0 Å². The molecule has 0 aliphatic carbocycles. The summed E-state index contributed by atoms with van der Waals surface area (Å²) in [5.74, 6) is 0.180. The van der Waals surface area contributed by atoms with Crippen LogP contribution in [0.1, 0.15) is 23.6 Å². The third-order valence-electron chi connectivity index (χ3n) is 4.27. The van der Waals surface area contributed by atoms with Crippen molar-refractivity contribution in [2.75, 3.05) is 11.4 Å². The van der Waals surface area contributed by atoms with E-state index in [0.717, 1.165) is 41.8 Å². The van der Waals surface area contributed by atoms with Gasteiger partial charge in [0.15, 0.2) is 0 Å². The zero-order valence-electron chi connectivity index (χ0n) is 13.5. The number of anilines is 1. The molecule has 0 radical (unpaired) electrons. The Hall–Kier alpha value is -1.88. The topological polar surface area (TPSA) is 15.3 Å². The minimum absolute atomic E-state index is 0.227. The third-order valence-corrected chi connectivity index (χ3v) is 4.87. The molecule has 0 spiro atoms. The van der Waals surface area contributed by atoms with E-state index in [1.807, 2.05) is 24.0 Å². The molecule has 2 aromatic carbocycles. The van der Waals surface area contributed by atoms with Crippen molar-refractivity contribution < 1.29 is 8.78 Å². The number of rotatable bonds is 5. The van der Waals surface area contributed by atoms with Crippen LogP contribution in [0.15, 0.2) is 47.2 Å². The standard InChI is InChI=1S/C19H19BrF2N2/c1-3-13-6-14(8-16(21)7-13)11-23-12(2)24-5-4-15-9-17(20)18(22)10-19(15)24/h6-10,23H,2-5,11H2,1H3. The van der Waals surface area contributed by atoms with Gasteiger partial charge in [-0.15, -0.1) is 0 Å². The van der Waals surface area contributed by atoms with Crippen molar-refractivity contribution in [1.29, 1.82) is 0 Å². The molecule has 24 heavy (non-hydrogen) atoms. The van der Waals surface area contributed by atoms with Gasteiger partial charge in [0, 0.05) is 18.8 Å². The first-order valence-electron chi connectivity index (χ1n) is 7.94. The minimum Gasteiger partial charge on any atom is -0.368 e. The second-order valence-electron chi connectivity index (χ2n) is 5.92. The van der Waals surface area contributed by atoms with E-state index in [-0.39, 0.29) is 11.6 Å². The fourth-order valence-corrected chi connectivity index (χ4v) is 3.38. The third kappa shape index (κ3) is 3.46. The van der Waals surface area contributed by atoms with E-state index in [1.54, 1.807) is 6.07 Å². The van der Waals surface area contributed by atoms with Crippen LogP contribution < -0.4 is 10.2 Å². The van der Waals surface area contributed by atoms with Crippen molar-refractivity contribution in [1.82, 2.24) is 5.32 Å². The van der Waals surface area contributed by atoms with Crippen LogP contribution in [0.25, 0.3) is 0 Å². The summed E-state index contributed by atoms with van der Waals surface area (Å²) in [4.78, 5) is 1.96. The Bertz CT molecular complexity index is 789. The van der Waals surface area contributed by atoms with Gasteiger partial charge >= 0.3 is 0 Å². The molecule has 0 unspecified atom stereocenters. The molecule has 1 aliphatic rings. The van der Waals surface area contributed by atoms with Gasteiger partial charge in [-0.05, 0) is 69.7 Å². The van der Waals surface area contributed by atoms with Crippen LogP contribution in [-0.4, -0.2) is 6.54 Å². The van der Waals surface area contributed by atoms with Crippen molar-refractivity contribution in [3.8, 4) is 0 Å². The average molecular weight is 393 g/mol. The van der Waals surface area contributed by atoms with E-state index in [4.69, 9.17) is 0 Å². The Balaban J connectivity index is 1.71. The second-order valence-corrected chi connectivity index (χ2v) is 6.77. The highest BCUT2D eigenvalue weighted by atomic mass is 79.9. The summed E-state index contributed by atoms with van der Waals surface area (Å²) >= 11 is 3.22. The zero-order valence-corrected chi connectivity index (χ0v) is 15.1. The van der Waals surface area contributed by atoms with E-state index in [9.17, 15) is 8.78 Å². The Labute approximate surface area is 149 Å². The summed E-state index contributed by atoms with van der Waals surface area (Å²) in [6, 6.07) is 8.40. The zero-order chi connectivity index (χ0) is 17.3. The van der Waals surface area contributed by atoms with E-state index in [0.29, 0.717) is 16.8 Å². The number of fused-ring (bicyclic) bond motifs is 1. The van der Waals surface area contributed by atoms with Gasteiger partial charge in [0.1, 0.15) is 11.6 Å². The number of hydrogen-bond acceptors (Lipinski definition) is 2. The fourth-order valence-electron chi connectivity index (χ4n) is 2.99. The van der Waals surface area contributed by atoms with Crippen molar-refractivity contribution in [3.63, 3.8) is 0 Å². The van der Waals surface area contributed by atoms with E-state index in [2.05, 4.69) is 27.8 Å². The van der Waals surface area contributed by atoms with Gasteiger partial charge in [-0.2, -0.15) is 0 Å². The smallest absolute Gasteiger partial charge is 0.139 e. The molecule has 2 nitrogen and oxygen atoms in total. The lowest BCUT2D eigenvalue weighted by Gasteiger charge is -2.23. The summed E-state index contributed by atoms with van der Waals surface area (Å²) in [6.07, 6.45) is 1.63. The average Bonchev–Trinajstić information content (AvgIpc) is 2.95. The lowest BCUT2D eigenvalue weighted by atomic mass is 10.1. The van der Waals surface area contributed by atoms with Crippen LogP contribution in [0.4, 0.5) is 14.5 Å². The molecular formula is C19H19BrF2N2. The summed E-state index contributed by atoms with van der Waals surface area (Å²) in [5.41, 5.74) is 3.76. The highest BCUT2D eigenvalue weighted by Crippen LogP contribution is 2.34. The first kappa shape index (κ1) is 17.0. The highest BCUT2D eigenvalue weighted by molar-refractivity contribution is 9.10. The molecular weight excluding hydrogens is 374 g/mol. The van der Waals surface area contributed by atoms with Crippen molar-refractivity contribution in [3.05, 3.63) is 75.5 Å². The molecule has 0 saturated heterocycles. The Morgan fingerprint density at radius 1 is 1.21 bits per heavy atom. The molecule has 0 saturated carbocycles. The quantitative estimate of drug-likeness (QED) is 0.777. The van der Waals surface area contributed by atoms with E-state index < -0.39 is 0 Å². The van der Waals surface area contributed by atoms with Crippen LogP contribution in [-0.2, 0) is 19.4 Å². The first-order chi connectivity index (χ1) is 11.5. The number of nitrogens with zero attached hydrogens (tertiary/aromatic N) is 1. The highest BCUT2D eigenvalue weighted by Gasteiger charge is 2.23. The van der Waals surface area contributed by atoms with Gasteiger partial charge in [-0.1, -0.05) is 19.6 Å². The second kappa shape index (κ2) is 6.93. The van der Waals surface area contributed by atoms with E-state index in [1.165, 1.54) is 12.1 Å². The maximum absolute atomic E-state index is 13.8.